The van der Waals surface area contributed by atoms with E-state index in [-0.39, 0.29) is 6.04 Å². The highest BCUT2D eigenvalue weighted by atomic mass is 35.5. The normalized spacial score (nSPS) is 12.8. The van der Waals surface area contributed by atoms with Gasteiger partial charge in [0.15, 0.2) is 0 Å². The Kier molecular flexibility index (Phi) is 5.78. The predicted octanol–water partition coefficient (Wildman–Crippen LogP) is 2.01. The smallest absolute Gasteiger partial charge is 0.0946 e. The van der Waals surface area contributed by atoms with Crippen molar-refractivity contribution in [3.8, 4) is 0 Å². The van der Waals surface area contributed by atoms with E-state index in [9.17, 15) is 0 Å². The molecule has 116 valence electrons. The van der Waals surface area contributed by atoms with E-state index in [4.69, 9.17) is 16.3 Å². The fourth-order valence-corrected chi connectivity index (χ4v) is 2.54. The summed E-state index contributed by atoms with van der Waals surface area (Å²) < 4.78 is 9.04. The van der Waals surface area contributed by atoms with Crippen molar-refractivity contribution in [2.75, 3.05) is 20.3 Å². The van der Waals surface area contributed by atoms with Crippen molar-refractivity contribution >= 4 is 11.6 Å². The number of nitrogens with one attached hydrogen (secondary N) is 1. The van der Waals surface area contributed by atoms with Crippen molar-refractivity contribution in [2.24, 2.45) is 7.05 Å². The fraction of sp³-hybridized carbons (Fsp3) is 0.571. The van der Waals surface area contributed by atoms with Gasteiger partial charge in [0.1, 0.15) is 0 Å². The summed E-state index contributed by atoms with van der Waals surface area (Å²) in [4.78, 5) is 4.21. The minimum atomic E-state index is -0.0377. The van der Waals surface area contributed by atoms with Gasteiger partial charge in [0.2, 0.25) is 0 Å². The SMILES string of the molecule is CCCNC(c1cncn1C)c1c(Cl)cnn1CCOC. The maximum atomic E-state index is 6.37. The van der Waals surface area contributed by atoms with Crippen molar-refractivity contribution in [2.45, 2.75) is 25.9 Å². The molecule has 0 spiro atoms. The molecule has 0 fully saturated rings. The molecule has 2 rings (SSSR count). The van der Waals surface area contributed by atoms with Crippen LogP contribution in [-0.4, -0.2) is 39.6 Å². The number of aromatic nitrogens is 4. The molecule has 0 aliphatic rings. The molecule has 0 aliphatic heterocycles. The molecule has 0 aliphatic carbocycles. The summed E-state index contributed by atoms with van der Waals surface area (Å²) in [5.74, 6) is 0. The molecule has 0 aromatic carbocycles. The second-order valence-electron chi connectivity index (χ2n) is 4.91. The molecule has 7 heteroatoms. The van der Waals surface area contributed by atoms with Crippen LogP contribution in [0.4, 0.5) is 0 Å². The molecular formula is C14H22ClN5O. The highest BCUT2D eigenvalue weighted by Gasteiger charge is 2.23. The van der Waals surface area contributed by atoms with E-state index in [0.29, 0.717) is 18.2 Å². The van der Waals surface area contributed by atoms with Crippen LogP contribution in [0.1, 0.15) is 30.8 Å². The van der Waals surface area contributed by atoms with Gasteiger partial charge in [-0.25, -0.2) is 4.98 Å². The third kappa shape index (κ3) is 3.64. The van der Waals surface area contributed by atoms with Crippen LogP contribution in [0.25, 0.3) is 0 Å². The minimum absolute atomic E-state index is 0.0377. The molecule has 6 nitrogen and oxygen atoms in total. The highest BCUT2D eigenvalue weighted by Crippen LogP contribution is 2.28. The zero-order valence-corrected chi connectivity index (χ0v) is 13.5. The van der Waals surface area contributed by atoms with Crippen molar-refractivity contribution < 1.29 is 4.74 Å². The van der Waals surface area contributed by atoms with Gasteiger partial charge in [0.25, 0.3) is 0 Å². The summed E-state index contributed by atoms with van der Waals surface area (Å²) in [7, 11) is 3.66. The minimum Gasteiger partial charge on any atom is -0.383 e. The fourth-order valence-electron chi connectivity index (χ4n) is 2.29. The van der Waals surface area contributed by atoms with Gasteiger partial charge in [0, 0.05) is 14.2 Å². The van der Waals surface area contributed by atoms with E-state index in [1.54, 1.807) is 19.6 Å². The summed E-state index contributed by atoms with van der Waals surface area (Å²) >= 11 is 6.37. The van der Waals surface area contributed by atoms with Crippen LogP contribution < -0.4 is 5.32 Å². The Morgan fingerprint density at radius 1 is 1.43 bits per heavy atom. The Balaban J connectivity index is 2.36. The van der Waals surface area contributed by atoms with E-state index in [2.05, 4.69) is 22.3 Å². The van der Waals surface area contributed by atoms with Crippen molar-refractivity contribution in [1.29, 1.82) is 0 Å². The van der Waals surface area contributed by atoms with Gasteiger partial charge in [-0.2, -0.15) is 5.10 Å². The predicted molar refractivity (Wildman–Crippen MR) is 82.5 cm³/mol. The molecule has 2 aromatic heterocycles. The molecule has 21 heavy (non-hydrogen) atoms. The number of aryl methyl sites for hydroxylation is 1. The quantitative estimate of drug-likeness (QED) is 0.810. The Bertz CT molecular complexity index is 565. The molecule has 0 bridgehead atoms. The number of hydrogen-bond acceptors (Lipinski definition) is 4. The third-order valence-electron chi connectivity index (χ3n) is 3.36. The monoisotopic (exact) mass is 311 g/mol. The van der Waals surface area contributed by atoms with Gasteiger partial charge in [0.05, 0.1) is 54.3 Å². The molecule has 0 radical (unpaired) electrons. The summed E-state index contributed by atoms with van der Waals surface area (Å²) in [6, 6.07) is -0.0377. The van der Waals surface area contributed by atoms with Crippen molar-refractivity contribution in [1.82, 2.24) is 24.6 Å². The molecule has 0 saturated carbocycles. The first-order chi connectivity index (χ1) is 10.2. The Morgan fingerprint density at radius 2 is 2.24 bits per heavy atom. The third-order valence-corrected chi connectivity index (χ3v) is 3.65. The van der Waals surface area contributed by atoms with Crippen LogP contribution in [-0.2, 0) is 18.3 Å². The Morgan fingerprint density at radius 3 is 2.86 bits per heavy atom. The number of methoxy groups -OCH3 is 1. The lowest BCUT2D eigenvalue weighted by Crippen LogP contribution is -2.28. The second-order valence-corrected chi connectivity index (χ2v) is 5.32. The number of halogens is 1. The van der Waals surface area contributed by atoms with Crippen molar-refractivity contribution in [3.63, 3.8) is 0 Å². The Labute approximate surface area is 130 Å². The average Bonchev–Trinajstić information content (AvgIpc) is 3.05. The van der Waals surface area contributed by atoms with Crippen LogP contribution in [0.5, 0.6) is 0 Å². The van der Waals surface area contributed by atoms with E-state index >= 15 is 0 Å². The maximum absolute atomic E-state index is 6.37. The first-order valence-electron chi connectivity index (χ1n) is 7.08. The van der Waals surface area contributed by atoms with E-state index < -0.39 is 0 Å². The summed E-state index contributed by atoms with van der Waals surface area (Å²) in [5.41, 5.74) is 2.01. The zero-order valence-electron chi connectivity index (χ0n) is 12.7. The van der Waals surface area contributed by atoms with Crippen LogP contribution >= 0.6 is 11.6 Å². The van der Waals surface area contributed by atoms with Crippen LogP contribution in [0.2, 0.25) is 5.02 Å². The van der Waals surface area contributed by atoms with Gasteiger partial charge in [-0.3, -0.25) is 4.68 Å². The van der Waals surface area contributed by atoms with E-state index in [0.717, 1.165) is 24.4 Å². The molecule has 1 atom stereocenters. The largest absolute Gasteiger partial charge is 0.383 e. The van der Waals surface area contributed by atoms with Gasteiger partial charge in [-0.15, -0.1) is 0 Å². The first kappa shape index (κ1) is 16.0. The highest BCUT2D eigenvalue weighted by molar-refractivity contribution is 6.31. The molecule has 0 amide bonds. The first-order valence-corrected chi connectivity index (χ1v) is 7.46. The van der Waals surface area contributed by atoms with E-state index in [1.165, 1.54) is 0 Å². The number of rotatable bonds is 8. The summed E-state index contributed by atoms with van der Waals surface area (Å²) in [6.45, 7) is 4.29. The van der Waals surface area contributed by atoms with Crippen LogP contribution in [0.3, 0.4) is 0 Å². The van der Waals surface area contributed by atoms with Crippen LogP contribution in [0, 0.1) is 0 Å². The summed E-state index contributed by atoms with van der Waals surface area (Å²) in [6.07, 6.45) is 6.37. The molecule has 0 saturated heterocycles. The van der Waals surface area contributed by atoms with Crippen molar-refractivity contribution in [3.05, 3.63) is 35.1 Å². The number of hydrogen-bond donors (Lipinski definition) is 1. The summed E-state index contributed by atoms with van der Waals surface area (Å²) in [5, 5.41) is 8.54. The van der Waals surface area contributed by atoms with E-state index in [1.807, 2.05) is 22.5 Å². The number of ether oxygens (including phenoxy) is 1. The average molecular weight is 312 g/mol. The lowest BCUT2D eigenvalue weighted by Gasteiger charge is -2.21. The number of nitrogens with zero attached hydrogens (tertiary/aromatic N) is 4. The molecule has 1 N–H and O–H groups in total. The van der Waals surface area contributed by atoms with Gasteiger partial charge in [-0.1, -0.05) is 18.5 Å². The maximum Gasteiger partial charge on any atom is 0.0946 e. The molecule has 2 heterocycles. The number of imidazole rings is 1. The Hall–Kier alpha value is -1.37. The molecule has 2 aromatic rings. The lowest BCUT2D eigenvalue weighted by atomic mass is 10.1. The van der Waals surface area contributed by atoms with Gasteiger partial charge < -0.3 is 14.6 Å². The topological polar surface area (TPSA) is 56.9 Å². The lowest BCUT2D eigenvalue weighted by molar-refractivity contribution is 0.182. The zero-order chi connectivity index (χ0) is 15.2. The van der Waals surface area contributed by atoms with Gasteiger partial charge >= 0.3 is 0 Å². The van der Waals surface area contributed by atoms with Crippen LogP contribution in [0.15, 0.2) is 18.7 Å². The molecular weight excluding hydrogens is 290 g/mol. The standard InChI is InChI=1S/C14H22ClN5O/c1-4-5-17-13(12-9-16-10-19(12)2)14-11(15)8-18-20(14)6-7-21-3/h8-10,13,17H,4-7H2,1-3H3. The molecule has 1 unspecified atom stereocenters. The second kappa shape index (κ2) is 7.59. The van der Waals surface area contributed by atoms with Gasteiger partial charge in [-0.05, 0) is 13.0 Å².